The minimum absolute atomic E-state index is 0.0976. The molecule has 1 saturated heterocycles. The van der Waals surface area contributed by atoms with Gasteiger partial charge in [0.05, 0.1) is 11.1 Å². The number of sulfonamides is 1. The van der Waals surface area contributed by atoms with Crippen molar-refractivity contribution in [2.24, 2.45) is 0 Å². The quantitative estimate of drug-likeness (QED) is 0.362. The van der Waals surface area contributed by atoms with Crippen molar-refractivity contribution < 1.29 is 32.7 Å². The van der Waals surface area contributed by atoms with Crippen molar-refractivity contribution in [3.05, 3.63) is 35.3 Å². The van der Waals surface area contributed by atoms with Gasteiger partial charge in [0, 0.05) is 20.0 Å². The lowest BCUT2D eigenvalue weighted by Crippen LogP contribution is -2.32. The Kier molecular flexibility index (Phi) is 6.40. The Morgan fingerprint density at radius 2 is 1.92 bits per heavy atom. The molecule has 0 saturated carbocycles. The van der Waals surface area contributed by atoms with Crippen molar-refractivity contribution in [2.45, 2.75) is 19.8 Å². The van der Waals surface area contributed by atoms with Crippen LogP contribution in [0.5, 0.6) is 0 Å². The molecule has 136 valence electrons. The van der Waals surface area contributed by atoms with E-state index < -0.39 is 38.3 Å². The third-order valence-corrected chi connectivity index (χ3v) is 5.32. The highest BCUT2D eigenvalue weighted by atomic mass is 32.2. The monoisotopic (exact) mass is 370 g/mol. The van der Waals surface area contributed by atoms with Gasteiger partial charge in [-0.2, -0.15) is 0 Å². The SMILES string of the molecule is C=C(/C=C1\C(=C)C(=O)N(CCCCN(C=O)C(C)=O)S1(=O)=O)C(=O)O. The topological polar surface area (TPSA) is 129 Å². The largest absolute Gasteiger partial charge is 0.478 e. The van der Waals surface area contributed by atoms with E-state index in [-0.39, 0.29) is 25.1 Å². The van der Waals surface area contributed by atoms with Gasteiger partial charge in [0.1, 0.15) is 4.91 Å². The van der Waals surface area contributed by atoms with Crippen LogP contribution in [0, 0.1) is 0 Å². The zero-order chi connectivity index (χ0) is 19.4. The first-order valence-corrected chi connectivity index (χ1v) is 8.60. The Hall–Kier alpha value is -2.75. The van der Waals surface area contributed by atoms with E-state index in [4.69, 9.17) is 5.11 Å². The Balaban J connectivity index is 2.85. The van der Waals surface area contributed by atoms with Crippen LogP contribution in [-0.4, -0.2) is 60.0 Å². The van der Waals surface area contributed by atoms with Crippen LogP contribution < -0.4 is 0 Å². The maximum atomic E-state index is 12.4. The van der Waals surface area contributed by atoms with Crippen LogP contribution in [0.2, 0.25) is 0 Å². The predicted molar refractivity (Wildman–Crippen MR) is 87.3 cm³/mol. The van der Waals surface area contributed by atoms with E-state index in [1.807, 2.05) is 0 Å². The molecule has 9 nitrogen and oxygen atoms in total. The van der Waals surface area contributed by atoms with Gasteiger partial charge >= 0.3 is 5.97 Å². The summed E-state index contributed by atoms with van der Waals surface area (Å²) in [4.78, 5) is 45.1. The summed E-state index contributed by atoms with van der Waals surface area (Å²) in [6.07, 6.45) is 1.68. The Morgan fingerprint density at radius 1 is 1.32 bits per heavy atom. The second-order valence-corrected chi connectivity index (χ2v) is 7.06. The summed E-state index contributed by atoms with van der Waals surface area (Å²) >= 11 is 0. The van der Waals surface area contributed by atoms with Crippen LogP contribution >= 0.6 is 0 Å². The van der Waals surface area contributed by atoms with Gasteiger partial charge in [0.15, 0.2) is 0 Å². The molecule has 0 aromatic carbocycles. The Labute approximate surface area is 144 Å². The van der Waals surface area contributed by atoms with E-state index in [2.05, 4.69) is 13.2 Å². The molecule has 0 aromatic heterocycles. The summed E-state index contributed by atoms with van der Waals surface area (Å²) in [6.45, 7) is 7.74. The molecule has 1 aliphatic heterocycles. The summed E-state index contributed by atoms with van der Waals surface area (Å²) in [5, 5.41) is 8.80. The zero-order valence-electron chi connectivity index (χ0n) is 13.6. The predicted octanol–water partition coefficient (Wildman–Crippen LogP) is 0.0244. The number of aliphatic carboxylic acids is 1. The maximum absolute atomic E-state index is 12.4. The molecule has 0 aromatic rings. The van der Waals surface area contributed by atoms with Gasteiger partial charge in [-0.1, -0.05) is 13.2 Å². The zero-order valence-corrected chi connectivity index (χ0v) is 14.4. The van der Waals surface area contributed by atoms with Gasteiger partial charge in [-0.3, -0.25) is 19.3 Å². The normalized spacial score (nSPS) is 17.6. The van der Waals surface area contributed by atoms with Crippen molar-refractivity contribution in [2.75, 3.05) is 13.1 Å². The van der Waals surface area contributed by atoms with E-state index in [0.717, 1.165) is 11.0 Å². The van der Waals surface area contributed by atoms with E-state index in [0.29, 0.717) is 17.1 Å². The molecule has 1 aliphatic rings. The molecule has 0 bridgehead atoms. The molecule has 3 amide bonds. The molecule has 25 heavy (non-hydrogen) atoms. The molecule has 1 N–H and O–H groups in total. The number of carboxylic acids is 1. The first kappa shape index (κ1) is 20.3. The summed E-state index contributed by atoms with van der Waals surface area (Å²) < 4.78 is 25.4. The fourth-order valence-electron chi connectivity index (χ4n) is 2.06. The number of carboxylic acid groups (broad SMARTS) is 1. The van der Waals surface area contributed by atoms with Crippen LogP contribution in [0.1, 0.15) is 19.8 Å². The van der Waals surface area contributed by atoms with Gasteiger partial charge in [0.2, 0.25) is 12.3 Å². The number of hydrogen-bond acceptors (Lipinski definition) is 6. The van der Waals surface area contributed by atoms with Crippen molar-refractivity contribution in [3.63, 3.8) is 0 Å². The number of carbonyl (C=O) groups excluding carboxylic acids is 3. The lowest BCUT2D eigenvalue weighted by atomic mass is 10.2. The first-order valence-electron chi connectivity index (χ1n) is 7.16. The Bertz CT molecular complexity index is 780. The van der Waals surface area contributed by atoms with Crippen molar-refractivity contribution in [1.29, 1.82) is 0 Å². The van der Waals surface area contributed by atoms with Gasteiger partial charge in [0.25, 0.3) is 15.9 Å². The lowest BCUT2D eigenvalue weighted by molar-refractivity contribution is -0.136. The molecule has 0 spiro atoms. The molecule has 0 atom stereocenters. The highest BCUT2D eigenvalue weighted by Crippen LogP contribution is 2.31. The Morgan fingerprint density at radius 3 is 2.40 bits per heavy atom. The van der Waals surface area contributed by atoms with Crippen molar-refractivity contribution >= 4 is 34.2 Å². The standard InChI is InChI=1S/C15H18N2O7S/c1-10(15(21)22)8-13-11(2)14(20)17(25(13,23)24)7-5-4-6-16(9-18)12(3)19/h8-9H,1-2,4-7H2,3H3,(H,21,22)/b13-8+. The number of unbranched alkanes of at least 4 members (excludes halogenated alkanes) is 1. The molecule has 0 aliphatic carbocycles. The molecule has 1 heterocycles. The summed E-state index contributed by atoms with van der Waals surface area (Å²) in [5.74, 6) is -2.70. The average molecular weight is 370 g/mol. The summed E-state index contributed by atoms with van der Waals surface area (Å²) in [6, 6.07) is 0. The minimum Gasteiger partial charge on any atom is -0.478 e. The van der Waals surface area contributed by atoms with Gasteiger partial charge in [-0.25, -0.2) is 17.5 Å². The molecule has 0 unspecified atom stereocenters. The number of carbonyl (C=O) groups is 4. The van der Waals surface area contributed by atoms with E-state index in [1.165, 1.54) is 6.92 Å². The number of imide groups is 1. The number of nitrogens with zero attached hydrogens (tertiary/aromatic N) is 2. The molecule has 1 fully saturated rings. The smallest absolute Gasteiger partial charge is 0.335 e. The minimum atomic E-state index is -4.21. The molecular weight excluding hydrogens is 352 g/mol. The van der Waals surface area contributed by atoms with Crippen LogP contribution in [0.3, 0.4) is 0 Å². The van der Waals surface area contributed by atoms with Gasteiger partial charge in [-0.05, 0) is 18.9 Å². The summed E-state index contributed by atoms with van der Waals surface area (Å²) in [5.41, 5.74) is -0.821. The second kappa shape index (κ2) is 7.88. The number of rotatable bonds is 8. The first-order chi connectivity index (χ1) is 11.5. The highest BCUT2D eigenvalue weighted by Gasteiger charge is 2.43. The van der Waals surface area contributed by atoms with Gasteiger partial charge < -0.3 is 5.11 Å². The van der Waals surface area contributed by atoms with Crippen molar-refractivity contribution in [3.8, 4) is 0 Å². The highest BCUT2D eigenvalue weighted by molar-refractivity contribution is 7.94. The molecule has 1 rings (SSSR count). The lowest BCUT2D eigenvalue weighted by Gasteiger charge is -2.16. The molecule has 10 heteroatoms. The number of hydrogen-bond donors (Lipinski definition) is 1. The molecule has 0 radical (unpaired) electrons. The van der Waals surface area contributed by atoms with E-state index in [1.54, 1.807) is 0 Å². The fraction of sp³-hybridized carbons (Fsp3) is 0.333. The maximum Gasteiger partial charge on any atom is 0.335 e. The van der Waals surface area contributed by atoms with E-state index >= 15 is 0 Å². The van der Waals surface area contributed by atoms with Gasteiger partial charge in [-0.15, -0.1) is 0 Å². The number of amides is 3. The third-order valence-electron chi connectivity index (χ3n) is 3.47. The van der Waals surface area contributed by atoms with Crippen LogP contribution in [0.15, 0.2) is 35.3 Å². The van der Waals surface area contributed by atoms with Crippen LogP contribution in [0.4, 0.5) is 0 Å². The van der Waals surface area contributed by atoms with E-state index in [9.17, 15) is 27.6 Å². The molecular formula is C15H18N2O7S. The third kappa shape index (κ3) is 4.41. The van der Waals surface area contributed by atoms with Crippen LogP contribution in [0.25, 0.3) is 0 Å². The fourth-order valence-corrected chi connectivity index (χ4v) is 3.69. The average Bonchev–Trinajstić information content (AvgIpc) is 2.67. The summed E-state index contributed by atoms with van der Waals surface area (Å²) in [7, 11) is -4.21. The van der Waals surface area contributed by atoms with Crippen molar-refractivity contribution in [1.82, 2.24) is 9.21 Å². The van der Waals surface area contributed by atoms with Crippen LogP contribution in [-0.2, 0) is 29.2 Å². The second-order valence-electron chi connectivity index (χ2n) is 5.22.